The van der Waals surface area contributed by atoms with Crippen molar-refractivity contribution in [1.29, 1.82) is 0 Å². The highest BCUT2D eigenvalue weighted by atomic mass is 35.5. The molecule has 0 radical (unpaired) electrons. The van der Waals surface area contributed by atoms with Crippen molar-refractivity contribution in [2.75, 3.05) is 6.54 Å². The standard InChI is InChI=1S/C12H14ClN/c13-8-3-9-14-12-7-6-10-4-1-2-5-11(10)12/h1-5,8,12,14H,6-7,9H2/b8-3-/t12-/m1/s1. The molecule has 1 aromatic carbocycles. The van der Waals surface area contributed by atoms with E-state index in [1.165, 1.54) is 24.0 Å². The Balaban J connectivity index is 2.03. The Morgan fingerprint density at radius 3 is 3.14 bits per heavy atom. The van der Waals surface area contributed by atoms with Gasteiger partial charge in [-0.3, -0.25) is 0 Å². The fourth-order valence-electron chi connectivity index (χ4n) is 2.02. The number of fused-ring (bicyclic) bond motifs is 1. The maximum absolute atomic E-state index is 5.47. The Kier molecular flexibility index (Phi) is 3.22. The number of hydrogen-bond donors (Lipinski definition) is 1. The summed E-state index contributed by atoms with van der Waals surface area (Å²) in [4.78, 5) is 0. The minimum absolute atomic E-state index is 0.513. The van der Waals surface area contributed by atoms with E-state index in [0.717, 1.165) is 6.54 Å². The van der Waals surface area contributed by atoms with E-state index in [1.807, 2.05) is 6.08 Å². The van der Waals surface area contributed by atoms with Crippen LogP contribution in [-0.2, 0) is 6.42 Å². The molecule has 1 N–H and O–H groups in total. The van der Waals surface area contributed by atoms with Crippen molar-refractivity contribution in [3.63, 3.8) is 0 Å². The fraction of sp³-hybridized carbons (Fsp3) is 0.333. The lowest BCUT2D eigenvalue weighted by Crippen LogP contribution is -2.18. The summed E-state index contributed by atoms with van der Waals surface area (Å²) in [5, 5.41) is 3.47. The Bertz CT molecular complexity index is 333. The molecule has 0 aromatic heterocycles. The minimum Gasteiger partial charge on any atom is -0.306 e. The predicted molar refractivity (Wildman–Crippen MR) is 60.5 cm³/mol. The van der Waals surface area contributed by atoms with Gasteiger partial charge in [0.1, 0.15) is 0 Å². The molecular formula is C12H14ClN. The molecule has 14 heavy (non-hydrogen) atoms. The number of halogens is 1. The third kappa shape index (κ3) is 1.99. The van der Waals surface area contributed by atoms with E-state index in [2.05, 4.69) is 29.6 Å². The zero-order valence-electron chi connectivity index (χ0n) is 8.04. The van der Waals surface area contributed by atoms with Gasteiger partial charge in [-0.25, -0.2) is 0 Å². The molecule has 1 aliphatic carbocycles. The molecule has 0 unspecified atom stereocenters. The third-order valence-electron chi connectivity index (χ3n) is 2.70. The molecule has 0 heterocycles. The molecule has 0 saturated carbocycles. The van der Waals surface area contributed by atoms with Crippen LogP contribution in [0.2, 0.25) is 0 Å². The van der Waals surface area contributed by atoms with E-state index >= 15 is 0 Å². The molecule has 1 atom stereocenters. The SMILES string of the molecule is Cl/C=C\CN[C@@H]1CCc2ccccc21. The lowest BCUT2D eigenvalue weighted by molar-refractivity contribution is 0.564. The van der Waals surface area contributed by atoms with Gasteiger partial charge in [0.25, 0.3) is 0 Å². The summed E-state index contributed by atoms with van der Waals surface area (Å²) < 4.78 is 0. The van der Waals surface area contributed by atoms with Gasteiger partial charge in [-0.1, -0.05) is 41.9 Å². The lowest BCUT2D eigenvalue weighted by atomic mass is 10.1. The second-order valence-corrected chi connectivity index (χ2v) is 3.81. The van der Waals surface area contributed by atoms with Crippen LogP contribution in [-0.4, -0.2) is 6.54 Å². The third-order valence-corrected chi connectivity index (χ3v) is 2.88. The molecule has 74 valence electrons. The summed E-state index contributed by atoms with van der Waals surface area (Å²) in [7, 11) is 0. The molecule has 0 spiro atoms. The molecule has 0 amide bonds. The monoisotopic (exact) mass is 207 g/mol. The highest BCUT2D eigenvalue weighted by molar-refractivity contribution is 6.25. The van der Waals surface area contributed by atoms with Gasteiger partial charge in [-0.2, -0.15) is 0 Å². The largest absolute Gasteiger partial charge is 0.306 e. The van der Waals surface area contributed by atoms with Crippen LogP contribution < -0.4 is 5.32 Å². The van der Waals surface area contributed by atoms with Crippen molar-refractivity contribution in [2.45, 2.75) is 18.9 Å². The van der Waals surface area contributed by atoms with Crippen LogP contribution in [0, 0.1) is 0 Å². The first-order valence-corrected chi connectivity index (χ1v) is 5.42. The minimum atomic E-state index is 0.513. The molecule has 1 aliphatic rings. The van der Waals surface area contributed by atoms with Crippen molar-refractivity contribution < 1.29 is 0 Å². The topological polar surface area (TPSA) is 12.0 Å². The van der Waals surface area contributed by atoms with Crippen molar-refractivity contribution >= 4 is 11.6 Å². The molecule has 0 fully saturated rings. The zero-order valence-corrected chi connectivity index (χ0v) is 8.80. The Hall–Kier alpha value is -0.790. The highest BCUT2D eigenvalue weighted by Crippen LogP contribution is 2.30. The molecule has 2 heteroatoms. The molecular weight excluding hydrogens is 194 g/mol. The summed E-state index contributed by atoms with van der Waals surface area (Å²) >= 11 is 5.47. The summed E-state index contributed by atoms with van der Waals surface area (Å²) in [5.41, 5.74) is 4.50. The van der Waals surface area contributed by atoms with E-state index in [4.69, 9.17) is 11.6 Å². The fourth-order valence-corrected chi connectivity index (χ4v) is 2.11. The summed E-state index contributed by atoms with van der Waals surface area (Å²) in [5.74, 6) is 0. The Morgan fingerprint density at radius 1 is 1.43 bits per heavy atom. The van der Waals surface area contributed by atoms with Gasteiger partial charge in [0.2, 0.25) is 0 Å². The summed E-state index contributed by atoms with van der Waals surface area (Å²) in [6, 6.07) is 9.16. The molecule has 0 aliphatic heterocycles. The summed E-state index contributed by atoms with van der Waals surface area (Å²) in [6.45, 7) is 0.850. The number of hydrogen-bond acceptors (Lipinski definition) is 1. The second-order valence-electron chi connectivity index (χ2n) is 3.56. The first-order valence-electron chi connectivity index (χ1n) is 4.98. The summed E-state index contributed by atoms with van der Waals surface area (Å²) in [6.07, 6.45) is 4.33. The Labute approximate surface area is 89.8 Å². The van der Waals surface area contributed by atoms with Crippen LogP contribution >= 0.6 is 11.6 Å². The number of aryl methyl sites for hydroxylation is 1. The highest BCUT2D eigenvalue weighted by Gasteiger charge is 2.20. The van der Waals surface area contributed by atoms with E-state index in [0.29, 0.717) is 6.04 Å². The van der Waals surface area contributed by atoms with Gasteiger partial charge >= 0.3 is 0 Å². The van der Waals surface area contributed by atoms with Crippen molar-refractivity contribution in [3.8, 4) is 0 Å². The zero-order chi connectivity index (χ0) is 9.80. The lowest BCUT2D eigenvalue weighted by Gasteiger charge is -2.11. The molecule has 1 nitrogen and oxygen atoms in total. The Morgan fingerprint density at radius 2 is 2.29 bits per heavy atom. The molecule has 0 bridgehead atoms. The van der Waals surface area contributed by atoms with Crippen molar-refractivity contribution in [1.82, 2.24) is 5.32 Å². The molecule has 0 saturated heterocycles. The van der Waals surface area contributed by atoms with Gasteiger partial charge in [-0.05, 0) is 24.0 Å². The average Bonchev–Trinajstić information content (AvgIpc) is 2.63. The second kappa shape index (κ2) is 4.63. The van der Waals surface area contributed by atoms with Crippen molar-refractivity contribution in [2.24, 2.45) is 0 Å². The van der Waals surface area contributed by atoms with Crippen LogP contribution in [0.4, 0.5) is 0 Å². The predicted octanol–water partition coefficient (Wildman–Crippen LogP) is 3.02. The normalized spacial score (nSPS) is 20.2. The van der Waals surface area contributed by atoms with Crippen LogP contribution in [0.5, 0.6) is 0 Å². The first kappa shape index (κ1) is 9.75. The smallest absolute Gasteiger partial charge is 0.0328 e. The number of rotatable bonds is 3. The van der Waals surface area contributed by atoms with Gasteiger partial charge in [0.05, 0.1) is 0 Å². The quantitative estimate of drug-likeness (QED) is 0.804. The molecule has 1 aromatic rings. The van der Waals surface area contributed by atoms with Crippen molar-refractivity contribution in [3.05, 3.63) is 47.0 Å². The average molecular weight is 208 g/mol. The van der Waals surface area contributed by atoms with E-state index in [9.17, 15) is 0 Å². The van der Waals surface area contributed by atoms with Gasteiger partial charge in [0.15, 0.2) is 0 Å². The van der Waals surface area contributed by atoms with Gasteiger partial charge in [-0.15, -0.1) is 0 Å². The van der Waals surface area contributed by atoms with Gasteiger partial charge < -0.3 is 5.32 Å². The molecule has 2 rings (SSSR count). The van der Waals surface area contributed by atoms with Crippen LogP contribution in [0.1, 0.15) is 23.6 Å². The van der Waals surface area contributed by atoms with Crippen LogP contribution in [0.15, 0.2) is 35.9 Å². The number of nitrogens with one attached hydrogen (secondary N) is 1. The first-order chi connectivity index (χ1) is 6.92. The van der Waals surface area contributed by atoms with Crippen LogP contribution in [0.25, 0.3) is 0 Å². The van der Waals surface area contributed by atoms with E-state index in [-0.39, 0.29) is 0 Å². The maximum atomic E-state index is 5.47. The van der Waals surface area contributed by atoms with E-state index in [1.54, 1.807) is 5.54 Å². The van der Waals surface area contributed by atoms with E-state index < -0.39 is 0 Å². The number of benzene rings is 1. The van der Waals surface area contributed by atoms with Gasteiger partial charge in [0, 0.05) is 18.1 Å². The maximum Gasteiger partial charge on any atom is 0.0328 e. The van der Waals surface area contributed by atoms with Crippen LogP contribution in [0.3, 0.4) is 0 Å².